The largest absolute Gasteiger partial charge is 0.293 e. The molecule has 0 aliphatic heterocycles. The molecule has 0 amide bonds. The van der Waals surface area contributed by atoms with E-state index in [2.05, 4.69) is 322 Å². The van der Waals surface area contributed by atoms with Gasteiger partial charge in [-0.3, -0.25) is 9.13 Å². The summed E-state index contributed by atoms with van der Waals surface area (Å²) in [7, 11) is 0. The predicted molar refractivity (Wildman–Crippen MR) is 409 cm³/mol. The molecule has 21 rings (SSSR count). The van der Waals surface area contributed by atoms with Crippen LogP contribution in [0.1, 0.15) is 49.9 Å². The summed E-state index contributed by atoms with van der Waals surface area (Å²) in [6, 6.07) is 109. The highest BCUT2D eigenvalue weighted by Crippen LogP contribution is 2.58. The van der Waals surface area contributed by atoms with Crippen molar-refractivity contribution in [1.82, 2.24) is 29.1 Å². The van der Waals surface area contributed by atoms with Gasteiger partial charge in [0.1, 0.15) is 5.82 Å². The third-order valence-electron chi connectivity index (χ3n) is 21.5. The quantitative estimate of drug-likeness (QED) is 0.161. The number of hydrogen-bond donors (Lipinski definition) is 0. The minimum absolute atomic E-state index is 0.177. The number of benzene rings is 14. The zero-order chi connectivity index (χ0) is 65.1. The lowest BCUT2D eigenvalue weighted by Crippen LogP contribution is -2.17. The first-order valence-corrected chi connectivity index (χ1v) is 34.0. The number of aromatic nitrogens is 6. The van der Waals surface area contributed by atoms with Gasteiger partial charge in [0.05, 0.1) is 50.0 Å². The molecule has 2 aliphatic rings. The third-order valence-corrected chi connectivity index (χ3v) is 21.5. The highest BCUT2D eigenvalue weighted by atomic mass is 15.2. The van der Waals surface area contributed by atoms with Crippen LogP contribution in [0.25, 0.3) is 176 Å². The van der Waals surface area contributed by atoms with Crippen LogP contribution in [0.2, 0.25) is 0 Å². The van der Waals surface area contributed by atoms with Crippen molar-refractivity contribution in [3.8, 4) is 67.7 Å². The topological polar surface area (TPSA) is 61.4 Å². The average Bonchev–Trinajstić information content (AvgIpc) is 1.52. The van der Waals surface area contributed by atoms with Gasteiger partial charge in [0, 0.05) is 54.3 Å². The fourth-order valence-electron chi connectivity index (χ4n) is 17.2. The zero-order valence-electron chi connectivity index (χ0n) is 54.6. The van der Waals surface area contributed by atoms with Gasteiger partial charge >= 0.3 is 0 Å². The number of hydrogen-bond acceptors (Lipinski definition) is 4. The van der Waals surface area contributed by atoms with E-state index in [1.54, 1.807) is 0 Å². The first-order valence-electron chi connectivity index (χ1n) is 34.0. The van der Waals surface area contributed by atoms with Gasteiger partial charge < -0.3 is 0 Å². The Morgan fingerprint density at radius 2 is 0.755 bits per heavy atom. The Hall–Kier alpha value is -12.4. The van der Waals surface area contributed by atoms with Crippen LogP contribution in [-0.4, -0.2) is 29.1 Å². The van der Waals surface area contributed by atoms with E-state index in [4.69, 9.17) is 19.9 Å². The van der Waals surface area contributed by atoms with E-state index in [1.165, 1.54) is 126 Å². The lowest BCUT2D eigenvalue weighted by atomic mass is 9.80. The van der Waals surface area contributed by atoms with E-state index < -0.39 is 0 Å². The molecule has 5 aromatic heterocycles. The molecule has 0 fully saturated rings. The normalized spacial score (nSPS) is 13.5. The molecule has 0 saturated heterocycles. The SMILES string of the molecule is CC1(C)c2ccccc2-c2c1c1c(c3ccccc23)c2ccccc2n1-c1ccc2nc(-c3ccccc3)ccc2n1.CC1(C)c2ccccc2-c2c1c1c(c3ccccc23)c2ccccc2n1-c1nc(-c2ccc(-c3cccc4ccccc34)cc2)c2ccc3ccccc3c2n1. The summed E-state index contributed by atoms with van der Waals surface area (Å²) < 4.78 is 4.77. The summed E-state index contributed by atoms with van der Waals surface area (Å²) in [5, 5.41) is 15.9. The molecule has 0 N–H and O–H groups in total. The molecule has 0 bridgehead atoms. The minimum Gasteiger partial charge on any atom is -0.293 e. The average molecular weight is 1250 g/mol. The van der Waals surface area contributed by atoms with Crippen molar-refractivity contribution in [2.75, 3.05) is 0 Å². The smallest absolute Gasteiger partial charge is 0.235 e. The van der Waals surface area contributed by atoms with Gasteiger partial charge in [-0.15, -0.1) is 0 Å². The molecule has 14 aromatic carbocycles. The summed E-state index contributed by atoms with van der Waals surface area (Å²) in [5.41, 5.74) is 24.1. The van der Waals surface area contributed by atoms with Crippen molar-refractivity contribution >= 4 is 109 Å². The molecule has 5 heterocycles. The number of fused-ring (bicyclic) bond motifs is 25. The highest BCUT2D eigenvalue weighted by Gasteiger charge is 2.42. The molecule has 0 atom stereocenters. The van der Waals surface area contributed by atoms with Crippen LogP contribution in [0.15, 0.2) is 303 Å². The Bertz CT molecular complexity index is 6600. The molecule has 0 unspecified atom stereocenters. The maximum absolute atomic E-state index is 5.63. The van der Waals surface area contributed by atoms with Crippen LogP contribution in [0.5, 0.6) is 0 Å². The van der Waals surface area contributed by atoms with E-state index in [-0.39, 0.29) is 10.8 Å². The maximum Gasteiger partial charge on any atom is 0.235 e. The van der Waals surface area contributed by atoms with Crippen LogP contribution in [0.4, 0.5) is 0 Å². The van der Waals surface area contributed by atoms with Crippen molar-refractivity contribution < 1.29 is 0 Å². The Morgan fingerprint density at radius 3 is 1.40 bits per heavy atom. The van der Waals surface area contributed by atoms with Crippen LogP contribution in [-0.2, 0) is 10.8 Å². The van der Waals surface area contributed by atoms with E-state index in [9.17, 15) is 0 Å². The molecule has 0 saturated carbocycles. The molecular weight excluding hydrogens is 1190 g/mol. The lowest BCUT2D eigenvalue weighted by molar-refractivity contribution is 0.663. The van der Waals surface area contributed by atoms with Gasteiger partial charge in [-0.05, 0) is 136 Å². The lowest BCUT2D eigenvalue weighted by Gasteiger charge is -2.24. The molecule has 6 heteroatoms. The summed E-state index contributed by atoms with van der Waals surface area (Å²) >= 11 is 0. The van der Waals surface area contributed by atoms with Crippen molar-refractivity contribution in [3.05, 3.63) is 326 Å². The molecule has 460 valence electrons. The molecule has 98 heavy (non-hydrogen) atoms. The van der Waals surface area contributed by atoms with E-state index in [0.717, 1.165) is 66.6 Å². The zero-order valence-corrected chi connectivity index (χ0v) is 54.6. The van der Waals surface area contributed by atoms with Gasteiger partial charge in [-0.25, -0.2) is 19.9 Å². The number of pyridine rings is 2. The second-order valence-electron chi connectivity index (χ2n) is 27.5. The van der Waals surface area contributed by atoms with Gasteiger partial charge in [-0.2, -0.15) is 0 Å². The van der Waals surface area contributed by atoms with E-state index >= 15 is 0 Å². The van der Waals surface area contributed by atoms with Gasteiger partial charge in [-0.1, -0.05) is 289 Å². The standard InChI is InChI=1S/C53H35N3.C39H27N3/c1-53(2)44-24-11-9-21-41(44)46-39-19-7-8-20-40(39)47-42-22-10-12-25-45(42)56(51(47)48(46)53)52-54-49(43-31-30-33-15-4-6-18-38(33)50(43)55-52)35-28-26-34(27-29-35)37-23-13-16-32-14-3-5-17-36(32)37;1-39(2)29-18-10-8-16-27(29)35-25-14-6-7-15-26(25)36-28-17-9-11-19-33(28)42(38(36)37(35)39)34-23-22-31-32(41-34)21-20-30(40-31)24-12-4-3-5-13-24/h3-31H,1-2H3;3-23H,1-2H3. The van der Waals surface area contributed by atoms with Gasteiger partial charge in [0.2, 0.25) is 5.95 Å². The molecule has 0 radical (unpaired) electrons. The van der Waals surface area contributed by atoms with Crippen LogP contribution < -0.4 is 0 Å². The fourth-order valence-corrected chi connectivity index (χ4v) is 17.2. The van der Waals surface area contributed by atoms with Crippen LogP contribution in [0.3, 0.4) is 0 Å². The predicted octanol–water partition coefficient (Wildman–Crippen LogP) is 23.7. The van der Waals surface area contributed by atoms with Crippen molar-refractivity contribution in [2.45, 2.75) is 38.5 Å². The fraction of sp³-hybridized carbons (Fsp3) is 0.0652. The van der Waals surface area contributed by atoms with Gasteiger partial charge in [0.25, 0.3) is 0 Å². The van der Waals surface area contributed by atoms with Gasteiger partial charge in [0.15, 0.2) is 0 Å². The van der Waals surface area contributed by atoms with Crippen molar-refractivity contribution in [2.24, 2.45) is 0 Å². The second-order valence-corrected chi connectivity index (χ2v) is 27.5. The molecule has 19 aromatic rings. The summed E-state index contributed by atoms with van der Waals surface area (Å²) in [5.74, 6) is 1.59. The third kappa shape index (κ3) is 8.03. The summed E-state index contributed by atoms with van der Waals surface area (Å²) in [4.78, 5) is 21.4. The Morgan fingerprint density at radius 1 is 0.286 bits per heavy atom. The van der Waals surface area contributed by atoms with Crippen molar-refractivity contribution in [3.63, 3.8) is 0 Å². The first kappa shape index (κ1) is 56.0. The minimum atomic E-state index is -0.260. The summed E-state index contributed by atoms with van der Waals surface area (Å²) in [6.07, 6.45) is 0. The maximum atomic E-state index is 5.63. The summed E-state index contributed by atoms with van der Waals surface area (Å²) in [6.45, 7) is 9.50. The molecular formula is C92H62N6. The Balaban J connectivity index is 0.000000139. The highest BCUT2D eigenvalue weighted by molar-refractivity contribution is 6.28. The number of rotatable bonds is 5. The Labute approximate surface area is 566 Å². The number of nitrogens with zero attached hydrogens (tertiary/aromatic N) is 6. The van der Waals surface area contributed by atoms with Crippen LogP contribution >= 0.6 is 0 Å². The van der Waals surface area contributed by atoms with Crippen molar-refractivity contribution in [1.29, 1.82) is 0 Å². The van der Waals surface area contributed by atoms with E-state index in [1.807, 2.05) is 18.2 Å². The monoisotopic (exact) mass is 1250 g/mol. The number of para-hydroxylation sites is 2. The first-order chi connectivity index (χ1) is 48.2. The van der Waals surface area contributed by atoms with Crippen LogP contribution in [0, 0.1) is 0 Å². The molecule has 0 spiro atoms. The molecule has 2 aliphatic carbocycles. The van der Waals surface area contributed by atoms with E-state index in [0.29, 0.717) is 5.95 Å². The molecule has 6 nitrogen and oxygen atoms in total. The second kappa shape index (κ2) is 21.1. The Kier molecular flexibility index (Phi) is 12.0.